The molecule has 0 aliphatic carbocycles. The molecule has 0 unspecified atom stereocenters. The van der Waals surface area contributed by atoms with Crippen LogP contribution in [-0.4, -0.2) is 62.7 Å². The van der Waals surface area contributed by atoms with E-state index in [9.17, 15) is 9.59 Å². The summed E-state index contributed by atoms with van der Waals surface area (Å²) in [6, 6.07) is 5.20. The van der Waals surface area contributed by atoms with E-state index in [0.29, 0.717) is 31.0 Å². The molecule has 8 nitrogen and oxygen atoms in total. The molecule has 152 valence electrons. The van der Waals surface area contributed by atoms with Gasteiger partial charge in [0, 0.05) is 25.9 Å². The zero-order chi connectivity index (χ0) is 19.6. The Morgan fingerprint density at radius 3 is 2.75 bits per heavy atom. The number of hydrogen-bond donors (Lipinski definition) is 2. The number of rotatable bonds is 10. The SMILES string of the molecule is O=C(CCN(Cc1ccco1)C(=O)c1ccoc1)NCCC[NH+]1CCOCC1. The lowest BCUT2D eigenvalue weighted by atomic mass is 10.2. The average molecular weight is 390 g/mol. The molecule has 0 bridgehead atoms. The highest BCUT2D eigenvalue weighted by Gasteiger charge is 2.19. The number of furan rings is 2. The molecule has 0 atom stereocenters. The number of nitrogens with zero attached hydrogens (tertiary/aromatic N) is 1. The highest BCUT2D eigenvalue weighted by Crippen LogP contribution is 2.11. The van der Waals surface area contributed by atoms with E-state index in [1.54, 1.807) is 23.3 Å². The van der Waals surface area contributed by atoms with Crippen molar-refractivity contribution in [3.8, 4) is 0 Å². The molecule has 2 amide bonds. The number of hydrogen-bond acceptors (Lipinski definition) is 5. The maximum atomic E-state index is 12.7. The highest BCUT2D eigenvalue weighted by molar-refractivity contribution is 5.94. The fourth-order valence-electron chi connectivity index (χ4n) is 3.21. The van der Waals surface area contributed by atoms with Crippen LogP contribution in [0.1, 0.15) is 29.0 Å². The molecule has 1 fully saturated rings. The van der Waals surface area contributed by atoms with E-state index in [0.717, 1.165) is 39.3 Å². The van der Waals surface area contributed by atoms with Gasteiger partial charge in [0.2, 0.25) is 5.91 Å². The van der Waals surface area contributed by atoms with E-state index < -0.39 is 0 Å². The molecule has 0 radical (unpaired) electrons. The minimum absolute atomic E-state index is 0.0542. The number of quaternary nitrogens is 1. The van der Waals surface area contributed by atoms with Gasteiger partial charge < -0.3 is 28.7 Å². The Bertz CT molecular complexity index is 708. The molecule has 1 saturated heterocycles. The van der Waals surface area contributed by atoms with Crippen molar-refractivity contribution in [3.63, 3.8) is 0 Å². The van der Waals surface area contributed by atoms with Crippen LogP contribution in [0.15, 0.2) is 45.8 Å². The number of nitrogens with one attached hydrogen (secondary N) is 2. The molecule has 8 heteroatoms. The van der Waals surface area contributed by atoms with E-state index >= 15 is 0 Å². The van der Waals surface area contributed by atoms with Crippen molar-refractivity contribution in [2.75, 3.05) is 45.9 Å². The molecule has 3 rings (SSSR count). The first kappa shape index (κ1) is 20.2. The predicted octanol–water partition coefficient (Wildman–Crippen LogP) is 0.327. The van der Waals surface area contributed by atoms with Gasteiger partial charge in [-0.3, -0.25) is 9.59 Å². The molecule has 1 aliphatic rings. The number of carbonyl (C=O) groups is 2. The Morgan fingerprint density at radius 1 is 1.18 bits per heavy atom. The molecule has 28 heavy (non-hydrogen) atoms. The lowest BCUT2D eigenvalue weighted by molar-refractivity contribution is -0.908. The first-order chi connectivity index (χ1) is 13.7. The van der Waals surface area contributed by atoms with E-state index in [-0.39, 0.29) is 18.2 Å². The van der Waals surface area contributed by atoms with Crippen molar-refractivity contribution in [2.24, 2.45) is 0 Å². The van der Waals surface area contributed by atoms with Gasteiger partial charge in [0.25, 0.3) is 5.91 Å². The summed E-state index contributed by atoms with van der Waals surface area (Å²) < 4.78 is 15.7. The van der Waals surface area contributed by atoms with Crippen LogP contribution in [0.5, 0.6) is 0 Å². The van der Waals surface area contributed by atoms with Gasteiger partial charge >= 0.3 is 0 Å². The quantitative estimate of drug-likeness (QED) is 0.571. The van der Waals surface area contributed by atoms with Gasteiger partial charge in [0.1, 0.15) is 25.1 Å². The summed E-state index contributed by atoms with van der Waals surface area (Å²) in [5.74, 6) is 0.432. The topological polar surface area (TPSA) is 89.4 Å². The predicted molar refractivity (Wildman–Crippen MR) is 101 cm³/mol. The minimum atomic E-state index is -0.186. The van der Waals surface area contributed by atoms with E-state index in [1.165, 1.54) is 17.4 Å². The van der Waals surface area contributed by atoms with Crippen LogP contribution in [0.2, 0.25) is 0 Å². The Balaban J connectivity index is 1.41. The third kappa shape index (κ3) is 6.24. The molecule has 0 spiro atoms. The number of carbonyl (C=O) groups excluding carboxylic acids is 2. The molecule has 2 aromatic rings. The summed E-state index contributed by atoms with van der Waals surface area (Å²) in [5, 5.41) is 2.95. The third-order valence-electron chi connectivity index (χ3n) is 4.82. The second-order valence-electron chi connectivity index (χ2n) is 6.88. The third-order valence-corrected chi connectivity index (χ3v) is 4.82. The summed E-state index contributed by atoms with van der Waals surface area (Å²) in [4.78, 5) is 28.0. The van der Waals surface area contributed by atoms with Crippen LogP contribution in [0, 0.1) is 0 Å². The molecule has 2 N–H and O–H groups in total. The second-order valence-corrected chi connectivity index (χ2v) is 6.88. The van der Waals surface area contributed by atoms with Crippen LogP contribution >= 0.6 is 0 Å². The molecule has 1 aliphatic heterocycles. The van der Waals surface area contributed by atoms with Crippen molar-refractivity contribution in [1.29, 1.82) is 0 Å². The minimum Gasteiger partial charge on any atom is -0.472 e. The highest BCUT2D eigenvalue weighted by atomic mass is 16.5. The number of amides is 2. The first-order valence-corrected chi connectivity index (χ1v) is 9.74. The van der Waals surface area contributed by atoms with Gasteiger partial charge in [-0.25, -0.2) is 0 Å². The fraction of sp³-hybridized carbons (Fsp3) is 0.500. The van der Waals surface area contributed by atoms with Crippen molar-refractivity contribution < 1.29 is 28.1 Å². The molecule has 3 heterocycles. The molecular formula is C20H28N3O5+. The van der Waals surface area contributed by atoms with Gasteiger partial charge in [-0.15, -0.1) is 0 Å². The van der Waals surface area contributed by atoms with Gasteiger partial charge in [-0.05, 0) is 18.2 Å². The molecule has 0 aromatic carbocycles. The second kappa shape index (κ2) is 10.7. The fourth-order valence-corrected chi connectivity index (χ4v) is 3.21. The van der Waals surface area contributed by atoms with Crippen LogP contribution in [0.4, 0.5) is 0 Å². The Labute approximate surface area is 164 Å². The van der Waals surface area contributed by atoms with Crippen molar-refractivity contribution in [3.05, 3.63) is 48.3 Å². The number of ether oxygens (including phenoxy) is 1. The largest absolute Gasteiger partial charge is 0.472 e. The van der Waals surface area contributed by atoms with E-state index in [2.05, 4.69) is 5.32 Å². The first-order valence-electron chi connectivity index (χ1n) is 9.74. The molecular weight excluding hydrogens is 362 g/mol. The zero-order valence-corrected chi connectivity index (χ0v) is 16.0. The van der Waals surface area contributed by atoms with Crippen LogP contribution < -0.4 is 10.2 Å². The van der Waals surface area contributed by atoms with Gasteiger partial charge in [-0.2, -0.15) is 0 Å². The average Bonchev–Trinajstić information content (AvgIpc) is 3.43. The van der Waals surface area contributed by atoms with Gasteiger partial charge in [-0.1, -0.05) is 0 Å². The smallest absolute Gasteiger partial charge is 0.257 e. The van der Waals surface area contributed by atoms with E-state index in [4.69, 9.17) is 13.6 Å². The Hall–Kier alpha value is -2.58. The summed E-state index contributed by atoms with van der Waals surface area (Å²) in [6.45, 7) is 6.01. The summed E-state index contributed by atoms with van der Waals surface area (Å²) >= 11 is 0. The van der Waals surface area contributed by atoms with Crippen molar-refractivity contribution >= 4 is 11.8 Å². The van der Waals surface area contributed by atoms with Crippen LogP contribution in [0.25, 0.3) is 0 Å². The number of morpholine rings is 1. The van der Waals surface area contributed by atoms with Crippen molar-refractivity contribution in [1.82, 2.24) is 10.2 Å². The zero-order valence-electron chi connectivity index (χ0n) is 16.0. The Morgan fingerprint density at radius 2 is 2.04 bits per heavy atom. The standard InChI is InChI=1S/C20H27N3O5/c24-19(21-6-2-7-22-9-13-26-14-10-22)4-8-23(15-18-3-1-11-28-18)20(25)17-5-12-27-16-17/h1,3,5,11-12,16H,2,4,6-10,13-15H2,(H,21,24)/p+1. The molecule has 2 aromatic heterocycles. The van der Waals surface area contributed by atoms with Crippen LogP contribution in [0.3, 0.4) is 0 Å². The van der Waals surface area contributed by atoms with Crippen molar-refractivity contribution in [2.45, 2.75) is 19.4 Å². The van der Waals surface area contributed by atoms with Gasteiger partial charge in [0.15, 0.2) is 0 Å². The van der Waals surface area contributed by atoms with E-state index in [1.807, 2.05) is 6.07 Å². The monoisotopic (exact) mass is 390 g/mol. The normalized spacial score (nSPS) is 14.7. The lowest BCUT2D eigenvalue weighted by Crippen LogP contribution is -3.14. The van der Waals surface area contributed by atoms with Gasteiger partial charge in [0.05, 0.1) is 44.4 Å². The maximum Gasteiger partial charge on any atom is 0.257 e. The lowest BCUT2D eigenvalue weighted by Gasteiger charge is -2.23. The molecule has 0 saturated carbocycles. The summed E-state index contributed by atoms with van der Waals surface area (Å²) in [5.41, 5.74) is 0.459. The maximum absolute atomic E-state index is 12.7. The summed E-state index contributed by atoms with van der Waals surface area (Å²) in [6.07, 6.45) is 5.62. The van der Waals surface area contributed by atoms with Crippen LogP contribution in [-0.2, 0) is 16.1 Å². The summed E-state index contributed by atoms with van der Waals surface area (Å²) in [7, 11) is 0. The Kier molecular flexibility index (Phi) is 7.69.